The molecule has 20 heavy (non-hydrogen) atoms. The summed E-state index contributed by atoms with van der Waals surface area (Å²) in [7, 11) is 0. The Morgan fingerprint density at radius 1 is 1.15 bits per heavy atom. The van der Waals surface area contributed by atoms with Crippen molar-refractivity contribution in [2.75, 3.05) is 10.7 Å². The number of amides is 1. The maximum atomic E-state index is 13.5. The lowest BCUT2D eigenvalue weighted by molar-refractivity contribution is 0.102. The van der Waals surface area contributed by atoms with E-state index in [-0.39, 0.29) is 22.0 Å². The molecule has 2 aromatic carbocycles. The number of hydrogen-bond acceptors (Lipinski definition) is 3. The maximum Gasteiger partial charge on any atom is 0.257 e. The third-order valence-electron chi connectivity index (χ3n) is 2.58. The monoisotopic (exact) mass is 297 g/mol. The summed E-state index contributed by atoms with van der Waals surface area (Å²) in [6, 6.07) is 7.66. The first kappa shape index (κ1) is 14.2. The third-order valence-corrected chi connectivity index (χ3v) is 2.87. The van der Waals surface area contributed by atoms with Gasteiger partial charge in [-0.25, -0.2) is 8.78 Å². The van der Waals surface area contributed by atoms with Crippen LogP contribution in [0.25, 0.3) is 0 Å². The van der Waals surface area contributed by atoms with E-state index >= 15 is 0 Å². The average molecular weight is 298 g/mol. The van der Waals surface area contributed by atoms with Crippen LogP contribution >= 0.6 is 11.6 Å². The highest BCUT2D eigenvalue weighted by molar-refractivity contribution is 6.31. The summed E-state index contributed by atoms with van der Waals surface area (Å²) < 4.78 is 26.5. The minimum absolute atomic E-state index is 0.0212. The van der Waals surface area contributed by atoms with Gasteiger partial charge in [-0.1, -0.05) is 17.7 Å². The minimum atomic E-state index is -0.655. The third kappa shape index (κ3) is 2.87. The van der Waals surface area contributed by atoms with Crippen LogP contribution in [0.2, 0.25) is 5.02 Å². The SMILES string of the molecule is NNc1c(F)cccc1C(=O)Nc1ccc(F)c(Cl)c1. The summed E-state index contributed by atoms with van der Waals surface area (Å²) in [6.45, 7) is 0. The van der Waals surface area contributed by atoms with E-state index < -0.39 is 17.5 Å². The van der Waals surface area contributed by atoms with Gasteiger partial charge in [0.1, 0.15) is 11.6 Å². The fourth-order valence-electron chi connectivity index (χ4n) is 1.63. The Kier molecular flexibility index (Phi) is 4.16. The number of nitrogens with two attached hydrogens (primary N) is 1. The van der Waals surface area contributed by atoms with Gasteiger partial charge in [-0.05, 0) is 30.3 Å². The van der Waals surface area contributed by atoms with Crippen LogP contribution in [0.4, 0.5) is 20.2 Å². The van der Waals surface area contributed by atoms with Gasteiger partial charge in [-0.3, -0.25) is 10.6 Å². The van der Waals surface area contributed by atoms with Crippen LogP contribution < -0.4 is 16.6 Å². The number of carbonyl (C=O) groups excluding carboxylic acids is 1. The van der Waals surface area contributed by atoms with Crippen molar-refractivity contribution in [3.63, 3.8) is 0 Å². The highest BCUT2D eigenvalue weighted by Gasteiger charge is 2.15. The number of anilines is 2. The van der Waals surface area contributed by atoms with Crippen LogP contribution in [-0.2, 0) is 0 Å². The van der Waals surface area contributed by atoms with Crippen LogP contribution in [0.5, 0.6) is 0 Å². The first-order chi connectivity index (χ1) is 9.52. The van der Waals surface area contributed by atoms with Gasteiger partial charge in [0.2, 0.25) is 0 Å². The van der Waals surface area contributed by atoms with Gasteiger partial charge < -0.3 is 10.7 Å². The molecule has 0 heterocycles. The van der Waals surface area contributed by atoms with Crippen LogP contribution in [0.15, 0.2) is 36.4 Å². The molecule has 2 rings (SSSR count). The predicted octanol–water partition coefficient (Wildman–Crippen LogP) is 3.16. The zero-order chi connectivity index (χ0) is 14.7. The Morgan fingerprint density at radius 2 is 1.90 bits per heavy atom. The summed E-state index contributed by atoms with van der Waals surface area (Å²) in [6.07, 6.45) is 0. The molecule has 104 valence electrons. The van der Waals surface area contributed by atoms with Crippen LogP contribution in [0, 0.1) is 11.6 Å². The lowest BCUT2D eigenvalue weighted by Gasteiger charge is -2.10. The van der Waals surface area contributed by atoms with Crippen LogP contribution in [-0.4, -0.2) is 5.91 Å². The van der Waals surface area contributed by atoms with E-state index in [1.807, 2.05) is 0 Å². The smallest absolute Gasteiger partial charge is 0.257 e. The van der Waals surface area contributed by atoms with Gasteiger partial charge in [0.25, 0.3) is 5.91 Å². The fraction of sp³-hybridized carbons (Fsp3) is 0. The summed E-state index contributed by atoms with van der Waals surface area (Å²) in [4.78, 5) is 12.0. The highest BCUT2D eigenvalue weighted by atomic mass is 35.5. The summed E-state index contributed by atoms with van der Waals surface area (Å²) in [5, 5.41) is 2.35. The summed E-state index contributed by atoms with van der Waals surface area (Å²) in [5.74, 6) is 3.34. The second-order valence-electron chi connectivity index (χ2n) is 3.89. The highest BCUT2D eigenvalue weighted by Crippen LogP contribution is 2.22. The van der Waals surface area contributed by atoms with E-state index in [0.717, 1.165) is 6.07 Å². The first-order valence-corrected chi connectivity index (χ1v) is 5.92. The molecule has 4 nitrogen and oxygen atoms in total. The van der Waals surface area contributed by atoms with E-state index in [4.69, 9.17) is 17.4 Å². The van der Waals surface area contributed by atoms with E-state index in [2.05, 4.69) is 10.7 Å². The normalized spacial score (nSPS) is 10.2. The number of benzene rings is 2. The number of carbonyl (C=O) groups is 1. The predicted molar refractivity (Wildman–Crippen MR) is 73.6 cm³/mol. The molecular weight excluding hydrogens is 288 g/mol. The van der Waals surface area contributed by atoms with Crippen molar-refractivity contribution in [1.82, 2.24) is 0 Å². The molecule has 0 aromatic heterocycles. The molecular formula is C13H10ClF2N3O. The van der Waals surface area contributed by atoms with Crippen molar-refractivity contribution in [3.05, 3.63) is 58.6 Å². The number of hydrogen-bond donors (Lipinski definition) is 3. The van der Waals surface area contributed by atoms with Gasteiger partial charge in [0, 0.05) is 5.69 Å². The quantitative estimate of drug-likeness (QED) is 0.602. The van der Waals surface area contributed by atoms with Crippen molar-refractivity contribution in [2.24, 2.45) is 5.84 Å². The molecule has 0 aliphatic carbocycles. The van der Waals surface area contributed by atoms with Crippen molar-refractivity contribution in [3.8, 4) is 0 Å². The van der Waals surface area contributed by atoms with Gasteiger partial charge in [0.05, 0.1) is 16.3 Å². The van der Waals surface area contributed by atoms with E-state index in [0.29, 0.717) is 0 Å². The molecule has 0 saturated carbocycles. The summed E-state index contributed by atoms with van der Waals surface area (Å²) >= 11 is 5.61. The molecule has 0 radical (unpaired) electrons. The Balaban J connectivity index is 2.28. The lowest BCUT2D eigenvalue weighted by atomic mass is 10.1. The molecule has 4 N–H and O–H groups in total. The Morgan fingerprint density at radius 3 is 2.55 bits per heavy atom. The molecule has 0 saturated heterocycles. The van der Waals surface area contributed by atoms with Crippen LogP contribution in [0.1, 0.15) is 10.4 Å². The molecule has 0 fully saturated rings. The van der Waals surface area contributed by atoms with E-state index in [9.17, 15) is 13.6 Å². The van der Waals surface area contributed by atoms with Gasteiger partial charge in [0.15, 0.2) is 0 Å². The van der Waals surface area contributed by atoms with Crippen molar-refractivity contribution < 1.29 is 13.6 Å². The Hall–Kier alpha value is -2.18. The van der Waals surface area contributed by atoms with Crippen LogP contribution in [0.3, 0.4) is 0 Å². The number of nitrogens with one attached hydrogen (secondary N) is 2. The molecule has 0 aliphatic heterocycles. The topological polar surface area (TPSA) is 67.1 Å². The van der Waals surface area contributed by atoms with E-state index in [1.54, 1.807) is 0 Å². The molecule has 0 bridgehead atoms. The zero-order valence-electron chi connectivity index (χ0n) is 10.1. The van der Waals surface area contributed by atoms with Gasteiger partial charge in [-0.2, -0.15) is 0 Å². The number of rotatable bonds is 3. The maximum absolute atomic E-state index is 13.5. The molecule has 2 aromatic rings. The average Bonchev–Trinajstić information content (AvgIpc) is 2.42. The number of nitrogen functional groups attached to an aromatic ring is 1. The van der Waals surface area contributed by atoms with Crippen molar-refractivity contribution in [1.29, 1.82) is 0 Å². The van der Waals surface area contributed by atoms with Gasteiger partial charge in [-0.15, -0.1) is 0 Å². The largest absolute Gasteiger partial charge is 0.322 e. The molecule has 1 amide bonds. The Bertz CT molecular complexity index is 664. The minimum Gasteiger partial charge on any atom is -0.322 e. The summed E-state index contributed by atoms with van der Waals surface area (Å²) in [5.41, 5.74) is 2.31. The molecule has 0 atom stereocenters. The molecule has 0 aliphatic rings. The lowest BCUT2D eigenvalue weighted by Crippen LogP contribution is -2.18. The zero-order valence-corrected chi connectivity index (χ0v) is 10.8. The molecule has 7 heteroatoms. The first-order valence-electron chi connectivity index (χ1n) is 5.54. The second kappa shape index (κ2) is 5.85. The number of halogens is 3. The van der Waals surface area contributed by atoms with Crippen molar-refractivity contribution >= 4 is 28.9 Å². The molecule has 0 spiro atoms. The number of para-hydroxylation sites is 1. The fourth-order valence-corrected chi connectivity index (χ4v) is 1.81. The second-order valence-corrected chi connectivity index (χ2v) is 4.30. The molecule has 0 unspecified atom stereocenters. The number of hydrazine groups is 1. The van der Waals surface area contributed by atoms with Gasteiger partial charge >= 0.3 is 0 Å². The Labute approximate surface area is 118 Å². The standard InChI is InChI=1S/C13H10ClF2N3O/c14-9-6-7(4-5-10(9)15)18-13(20)8-2-1-3-11(16)12(8)19-17/h1-6,19H,17H2,(H,18,20). The van der Waals surface area contributed by atoms with Crippen molar-refractivity contribution in [2.45, 2.75) is 0 Å². The van der Waals surface area contributed by atoms with E-state index in [1.165, 1.54) is 30.3 Å².